The lowest BCUT2D eigenvalue weighted by Gasteiger charge is -2.06. The quantitative estimate of drug-likeness (QED) is 0.699. The zero-order valence-corrected chi connectivity index (χ0v) is 12.3. The molecule has 1 amide bonds. The Morgan fingerprint density at radius 2 is 2.00 bits per heavy atom. The Morgan fingerprint density at radius 1 is 1.30 bits per heavy atom. The van der Waals surface area contributed by atoms with Crippen LogP contribution in [-0.4, -0.2) is 40.6 Å². The minimum atomic E-state index is -1.18. The van der Waals surface area contributed by atoms with E-state index in [1.165, 1.54) is 0 Å². The van der Waals surface area contributed by atoms with Crippen molar-refractivity contribution in [3.63, 3.8) is 0 Å². The van der Waals surface area contributed by atoms with Crippen LogP contribution in [0.25, 0.3) is 0 Å². The van der Waals surface area contributed by atoms with Crippen molar-refractivity contribution in [1.82, 2.24) is 15.3 Å². The van der Waals surface area contributed by atoms with Crippen LogP contribution in [0.2, 0.25) is 0 Å². The van der Waals surface area contributed by atoms with Crippen LogP contribution in [0.4, 0.5) is 0 Å². The molecule has 0 bridgehead atoms. The highest BCUT2D eigenvalue weighted by molar-refractivity contribution is 5.93. The standard InChI is InChI=1S/C15H15N3O5/c1-23-10-4-2-9(3-5-10)6-12-17-11(7-13(19)18-12)15(22)16-8-14(20)21/h2-5,7H,6,8H2,1H3,(H,16,22)(H,20,21)(H,17,18,19). The van der Waals surface area contributed by atoms with E-state index in [-0.39, 0.29) is 5.69 Å². The fourth-order valence-corrected chi connectivity index (χ4v) is 1.89. The molecule has 0 aliphatic carbocycles. The van der Waals surface area contributed by atoms with Gasteiger partial charge in [-0.1, -0.05) is 12.1 Å². The Hall–Kier alpha value is -3.16. The van der Waals surface area contributed by atoms with Gasteiger partial charge >= 0.3 is 5.97 Å². The van der Waals surface area contributed by atoms with E-state index in [0.717, 1.165) is 11.6 Å². The van der Waals surface area contributed by atoms with Crippen molar-refractivity contribution in [3.05, 3.63) is 57.8 Å². The average molecular weight is 317 g/mol. The first-order valence-electron chi connectivity index (χ1n) is 6.71. The summed E-state index contributed by atoms with van der Waals surface area (Å²) in [5.74, 6) is -0.878. The summed E-state index contributed by atoms with van der Waals surface area (Å²) in [7, 11) is 1.56. The molecular formula is C15H15N3O5. The van der Waals surface area contributed by atoms with Crippen molar-refractivity contribution in [1.29, 1.82) is 0 Å². The molecule has 0 atom stereocenters. The number of nitrogens with one attached hydrogen (secondary N) is 2. The second kappa shape index (κ2) is 7.21. The van der Waals surface area contributed by atoms with Gasteiger partial charge in [0.2, 0.25) is 0 Å². The molecule has 0 saturated carbocycles. The third-order valence-electron chi connectivity index (χ3n) is 2.95. The van der Waals surface area contributed by atoms with Crippen LogP contribution in [0.5, 0.6) is 5.75 Å². The number of amides is 1. The number of hydrogen-bond donors (Lipinski definition) is 3. The number of aliphatic carboxylic acids is 1. The minimum absolute atomic E-state index is 0.126. The number of carboxylic acids is 1. The molecule has 23 heavy (non-hydrogen) atoms. The molecule has 3 N–H and O–H groups in total. The summed E-state index contributed by atoms with van der Waals surface area (Å²) in [6.07, 6.45) is 0.319. The number of methoxy groups -OCH3 is 1. The fourth-order valence-electron chi connectivity index (χ4n) is 1.89. The molecule has 0 saturated heterocycles. The summed E-state index contributed by atoms with van der Waals surface area (Å²) in [6, 6.07) is 8.20. The number of aromatic nitrogens is 2. The van der Waals surface area contributed by atoms with Crippen LogP contribution in [0, 0.1) is 0 Å². The zero-order chi connectivity index (χ0) is 16.8. The highest BCUT2D eigenvalue weighted by Gasteiger charge is 2.11. The van der Waals surface area contributed by atoms with Gasteiger partial charge < -0.3 is 20.1 Å². The van der Waals surface area contributed by atoms with Gasteiger partial charge in [-0.2, -0.15) is 0 Å². The summed E-state index contributed by atoms with van der Waals surface area (Å²) >= 11 is 0. The molecule has 1 aromatic carbocycles. The van der Waals surface area contributed by atoms with E-state index < -0.39 is 24.0 Å². The molecule has 0 radical (unpaired) electrons. The van der Waals surface area contributed by atoms with E-state index in [2.05, 4.69) is 15.3 Å². The summed E-state index contributed by atoms with van der Waals surface area (Å²) in [4.78, 5) is 40.5. The first-order valence-corrected chi connectivity index (χ1v) is 6.71. The van der Waals surface area contributed by atoms with Gasteiger partial charge in [0, 0.05) is 12.5 Å². The highest BCUT2D eigenvalue weighted by Crippen LogP contribution is 2.13. The smallest absolute Gasteiger partial charge is 0.322 e. The van der Waals surface area contributed by atoms with Crippen molar-refractivity contribution >= 4 is 11.9 Å². The van der Waals surface area contributed by atoms with E-state index in [4.69, 9.17) is 9.84 Å². The van der Waals surface area contributed by atoms with E-state index in [0.29, 0.717) is 18.0 Å². The van der Waals surface area contributed by atoms with Gasteiger partial charge in [0.05, 0.1) is 7.11 Å². The molecule has 1 heterocycles. The number of H-pyrrole nitrogens is 1. The largest absolute Gasteiger partial charge is 0.497 e. The Bertz CT molecular complexity index is 767. The second-order valence-corrected chi connectivity index (χ2v) is 4.68. The van der Waals surface area contributed by atoms with Gasteiger partial charge in [-0.05, 0) is 17.7 Å². The first-order chi connectivity index (χ1) is 11.0. The van der Waals surface area contributed by atoms with Crippen LogP contribution in [0.3, 0.4) is 0 Å². The van der Waals surface area contributed by atoms with Gasteiger partial charge in [-0.3, -0.25) is 14.4 Å². The number of carbonyl (C=O) groups excluding carboxylic acids is 1. The number of carbonyl (C=O) groups is 2. The van der Waals surface area contributed by atoms with Crippen molar-refractivity contribution in [2.24, 2.45) is 0 Å². The first kappa shape index (κ1) is 16.2. The lowest BCUT2D eigenvalue weighted by atomic mass is 10.1. The zero-order valence-electron chi connectivity index (χ0n) is 12.3. The number of hydrogen-bond acceptors (Lipinski definition) is 5. The molecule has 8 heteroatoms. The monoisotopic (exact) mass is 317 g/mol. The van der Waals surface area contributed by atoms with Gasteiger partial charge in [0.1, 0.15) is 23.8 Å². The summed E-state index contributed by atoms with van der Waals surface area (Å²) < 4.78 is 5.06. The fraction of sp³-hybridized carbons (Fsp3) is 0.200. The minimum Gasteiger partial charge on any atom is -0.497 e. The van der Waals surface area contributed by atoms with Crippen LogP contribution in [0.15, 0.2) is 35.1 Å². The Labute approximate surface area is 131 Å². The van der Waals surface area contributed by atoms with Gasteiger partial charge in [0.25, 0.3) is 11.5 Å². The maximum Gasteiger partial charge on any atom is 0.322 e. The molecule has 0 aliphatic rings. The molecule has 2 aromatic rings. The topological polar surface area (TPSA) is 121 Å². The molecule has 8 nitrogen and oxygen atoms in total. The number of nitrogens with zero attached hydrogens (tertiary/aromatic N) is 1. The predicted octanol–water partition coefficient (Wildman–Crippen LogP) is 0.184. The molecule has 0 spiro atoms. The molecule has 1 aromatic heterocycles. The number of rotatable bonds is 6. The normalized spacial score (nSPS) is 10.1. The van der Waals surface area contributed by atoms with Crippen LogP contribution in [0.1, 0.15) is 21.9 Å². The molecule has 2 rings (SSSR count). The average Bonchev–Trinajstić information content (AvgIpc) is 2.52. The third kappa shape index (κ3) is 4.67. The van der Waals surface area contributed by atoms with Gasteiger partial charge in [-0.15, -0.1) is 0 Å². The highest BCUT2D eigenvalue weighted by atomic mass is 16.5. The molecule has 0 unspecified atom stereocenters. The molecular weight excluding hydrogens is 302 g/mol. The Kier molecular flexibility index (Phi) is 5.08. The number of carboxylic acid groups (broad SMARTS) is 1. The third-order valence-corrected chi connectivity index (χ3v) is 2.95. The molecule has 0 aliphatic heterocycles. The second-order valence-electron chi connectivity index (χ2n) is 4.68. The van der Waals surface area contributed by atoms with Crippen LogP contribution < -0.4 is 15.6 Å². The van der Waals surface area contributed by atoms with Crippen LogP contribution >= 0.6 is 0 Å². The van der Waals surface area contributed by atoms with Gasteiger partial charge in [-0.25, -0.2) is 4.98 Å². The lowest BCUT2D eigenvalue weighted by Crippen LogP contribution is -2.31. The lowest BCUT2D eigenvalue weighted by molar-refractivity contribution is -0.135. The number of aromatic amines is 1. The van der Waals surface area contributed by atoms with E-state index in [1.54, 1.807) is 19.2 Å². The number of benzene rings is 1. The van der Waals surface area contributed by atoms with Crippen molar-refractivity contribution in [2.45, 2.75) is 6.42 Å². The summed E-state index contributed by atoms with van der Waals surface area (Å²) in [5, 5.41) is 10.7. The predicted molar refractivity (Wildman–Crippen MR) is 80.6 cm³/mol. The Morgan fingerprint density at radius 3 is 2.61 bits per heavy atom. The van der Waals surface area contributed by atoms with E-state index >= 15 is 0 Å². The molecule has 0 fully saturated rings. The SMILES string of the molecule is COc1ccc(Cc2nc(C(=O)NCC(=O)O)cc(=O)[nH]2)cc1. The van der Waals surface area contributed by atoms with Crippen molar-refractivity contribution in [3.8, 4) is 5.75 Å². The number of ether oxygens (including phenoxy) is 1. The molecule has 120 valence electrons. The van der Waals surface area contributed by atoms with Gasteiger partial charge in [0.15, 0.2) is 0 Å². The van der Waals surface area contributed by atoms with Crippen LogP contribution in [-0.2, 0) is 11.2 Å². The maximum absolute atomic E-state index is 11.8. The summed E-state index contributed by atoms with van der Waals surface area (Å²) in [6.45, 7) is -0.541. The van der Waals surface area contributed by atoms with E-state index in [1.807, 2.05) is 12.1 Å². The maximum atomic E-state index is 11.8. The van der Waals surface area contributed by atoms with Crippen molar-refractivity contribution < 1.29 is 19.4 Å². The summed E-state index contributed by atoms with van der Waals surface area (Å²) in [5.41, 5.74) is 0.263. The Balaban J connectivity index is 2.17. The van der Waals surface area contributed by atoms with E-state index in [9.17, 15) is 14.4 Å². The van der Waals surface area contributed by atoms with Crippen molar-refractivity contribution in [2.75, 3.05) is 13.7 Å².